The van der Waals surface area contributed by atoms with Crippen molar-refractivity contribution in [2.45, 2.75) is 24.8 Å². The number of hydrogen-bond acceptors (Lipinski definition) is 3. The Morgan fingerprint density at radius 3 is 1.32 bits per heavy atom. The molecule has 0 aliphatic heterocycles. The van der Waals surface area contributed by atoms with Crippen LogP contribution in [0.5, 0.6) is 0 Å². The Bertz CT molecular complexity index is 1450. The fourth-order valence-corrected chi connectivity index (χ4v) is 24.0. The number of carbonyl (C=O) groups excluding carboxylic acids is 3. The Labute approximate surface area is 220 Å². The van der Waals surface area contributed by atoms with Gasteiger partial charge >= 0.3 is 221 Å². The zero-order chi connectivity index (χ0) is 26.9. The van der Waals surface area contributed by atoms with Gasteiger partial charge in [-0.1, -0.05) is 0 Å². The minimum atomic E-state index is -7.07. The molecule has 4 aromatic carbocycles. The quantitative estimate of drug-likeness (QED) is 0.164. The number of hydrogen-bond donors (Lipinski definition) is 0. The van der Waals surface area contributed by atoms with Gasteiger partial charge in [-0.25, -0.2) is 0 Å². The predicted molar refractivity (Wildman–Crippen MR) is 154 cm³/mol. The van der Waals surface area contributed by atoms with Crippen molar-refractivity contribution in [1.29, 1.82) is 0 Å². The fourth-order valence-electron chi connectivity index (χ4n) is 7.89. The Morgan fingerprint density at radius 2 is 0.921 bits per heavy atom. The van der Waals surface area contributed by atoms with E-state index in [2.05, 4.69) is 0 Å². The molecule has 1 atom stereocenters. The van der Waals surface area contributed by atoms with E-state index in [0.717, 1.165) is 41.6 Å². The van der Waals surface area contributed by atoms with Crippen LogP contribution in [0.1, 0.15) is 34.7 Å². The van der Waals surface area contributed by atoms with E-state index in [1.165, 1.54) is 0 Å². The topological polar surface area (TPSA) is 51.2 Å². The van der Waals surface area contributed by atoms with Crippen LogP contribution in [0.3, 0.4) is 0 Å². The first-order valence-electron chi connectivity index (χ1n) is 13.2. The van der Waals surface area contributed by atoms with Gasteiger partial charge in [0.15, 0.2) is 0 Å². The Kier molecular flexibility index (Phi) is 5.58. The molecule has 0 saturated carbocycles. The number of benzene rings is 4. The van der Waals surface area contributed by atoms with Crippen molar-refractivity contribution in [1.82, 2.24) is 0 Å². The van der Waals surface area contributed by atoms with Gasteiger partial charge in [0, 0.05) is 0 Å². The van der Waals surface area contributed by atoms with Gasteiger partial charge in [-0.3, -0.25) is 0 Å². The molecule has 4 aromatic rings. The van der Waals surface area contributed by atoms with Crippen LogP contribution in [0.2, 0.25) is 0 Å². The Hall–Kier alpha value is -3.66. The van der Waals surface area contributed by atoms with Gasteiger partial charge in [0.25, 0.3) is 0 Å². The zero-order valence-corrected chi connectivity index (χ0v) is 23.3. The molecular formula is C34H33O3Ti. The third kappa shape index (κ3) is 2.98. The molecule has 1 aliphatic carbocycles. The van der Waals surface area contributed by atoms with Crippen LogP contribution < -0.4 is 0 Å². The predicted octanol–water partition coefficient (Wildman–Crippen LogP) is 6.86. The number of carbonyl (C=O) groups is 3. The van der Waals surface area contributed by atoms with E-state index in [1.54, 1.807) is 0 Å². The minimum absolute atomic E-state index is 0.0638. The number of allylic oxidation sites excluding steroid dienone is 1. The molecule has 38 heavy (non-hydrogen) atoms. The van der Waals surface area contributed by atoms with Crippen molar-refractivity contribution in [3.8, 4) is 0 Å². The summed E-state index contributed by atoms with van der Waals surface area (Å²) in [5.41, 5.74) is 4.20. The summed E-state index contributed by atoms with van der Waals surface area (Å²) in [7, 11) is 0. The molecule has 5 rings (SSSR count). The van der Waals surface area contributed by atoms with Crippen molar-refractivity contribution in [2.24, 2.45) is 0 Å². The molecule has 0 N–H and O–H groups in total. The van der Waals surface area contributed by atoms with Crippen LogP contribution in [-0.2, 0) is 45.0 Å². The summed E-state index contributed by atoms with van der Waals surface area (Å²) in [6.07, 6.45) is 3.97. The zero-order valence-electron chi connectivity index (χ0n) is 21.7. The van der Waals surface area contributed by atoms with Gasteiger partial charge in [0.2, 0.25) is 0 Å². The van der Waals surface area contributed by atoms with Crippen LogP contribution in [-0.4, -0.2) is 13.8 Å². The van der Waals surface area contributed by atoms with Gasteiger partial charge in [0.05, 0.1) is 0 Å². The Morgan fingerprint density at radius 1 is 0.553 bits per heavy atom. The molecule has 0 heterocycles. The summed E-state index contributed by atoms with van der Waals surface area (Å²) in [6.45, 7) is 1.97. The van der Waals surface area contributed by atoms with Gasteiger partial charge in [-0.15, -0.1) is 0 Å². The average molecular weight is 538 g/mol. The van der Waals surface area contributed by atoms with E-state index in [-0.39, 0.29) is 14.2 Å². The molecule has 0 saturated heterocycles. The first kappa shape index (κ1) is 26.0. The molecular weight excluding hydrogens is 504 g/mol. The summed E-state index contributed by atoms with van der Waals surface area (Å²) in [5, 5.41) is 0. The molecule has 4 heteroatoms. The van der Waals surface area contributed by atoms with Crippen LogP contribution in [0.15, 0.2) is 121 Å². The van der Waals surface area contributed by atoms with Crippen molar-refractivity contribution >= 4 is 19.8 Å². The summed E-state index contributed by atoms with van der Waals surface area (Å²) < 4.78 is 1.73. The van der Waals surface area contributed by atoms with E-state index in [4.69, 9.17) is 0 Å². The van der Waals surface area contributed by atoms with E-state index in [9.17, 15) is 14.4 Å². The van der Waals surface area contributed by atoms with Crippen molar-refractivity contribution in [2.75, 3.05) is 0 Å². The monoisotopic (exact) mass is 537 g/mol. The molecule has 0 fully saturated rings. The second-order valence-corrected chi connectivity index (χ2v) is 29.5. The standard InChI is InChI=1S/C10H9.3C7H7.3CHO.Ti/c1-8-6-7-9-4-2-3-5-10(8)9;3*1-7-5-3-2-4-6-7;3*1-2;/h2-7H,1H3;3*2-6H,1H2;3*1H;. The first-order valence-corrected chi connectivity index (χ1v) is 20.0. The van der Waals surface area contributed by atoms with Gasteiger partial charge in [-0.2, -0.15) is 0 Å². The second-order valence-electron chi connectivity index (χ2n) is 12.5. The number of rotatable bonds is 10. The third-order valence-electron chi connectivity index (χ3n) is 10.5. The molecule has 0 spiro atoms. The summed E-state index contributed by atoms with van der Waals surface area (Å²) in [5.74, 6) is 0. The molecule has 1 aliphatic rings. The summed E-state index contributed by atoms with van der Waals surface area (Å²) in [4.78, 5) is 44.0. The van der Waals surface area contributed by atoms with E-state index >= 15 is 0 Å². The molecule has 0 amide bonds. The van der Waals surface area contributed by atoms with E-state index < -0.39 is 16.5 Å². The molecule has 0 bridgehead atoms. The van der Waals surface area contributed by atoms with Crippen LogP contribution in [0.25, 0.3) is 6.08 Å². The molecule has 3 nitrogen and oxygen atoms in total. The van der Waals surface area contributed by atoms with Crippen molar-refractivity contribution < 1.29 is 27.1 Å². The van der Waals surface area contributed by atoms with E-state index in [1.807, 2.05) is 134 Å². The SMILES string of the molecule is C[C]1([Ti]([CH]=O)([CH]=O)([CH]=O)([CH2]c2ccccc2)([CH2]c2ccccc2)[CH2]c2ccccc2)C=Cc2ccccc21. The van der Waals surface area contributed by atoms with Crippen LogP contribution >= 0.6 is 0 Å². The fraction of sp³-hybridized carbons (Fsp3) is 0.147. The molecule has 191 valence electrons. The van der Waals surface area contributed by atoms with E-state index in [0.29, 0.717) is 0 Å². The van der Waals surface area contributed by atoms with Crippen LogP contribution in [0.4, 0.5) is 0 Å². The first-order chi connectivity index (χ1) is 18.3. The van der Waals surface area contributed by atoms with Crippen molar-refractivity contribution in [3.05, 3.63) is 149 Å². The molecule has 0 aromatic heterocycles. The average Bonchev–Trinajstić information content (AvgIpc) is 3.34. The van der Waals surface area contributed by atoms with Crippen molar-refractivity contribution in [3.63, 3.8) is 0 Å². The van der Waals surface area contributed by atoms with Crippen LogP contribution in [0, 0.1) is 0 Å². The van der Waals surface area contributed by atoms with Gasteiger partial charge in [0.1, 0.15) is 0 Å². The third-order valence-corrected chi connectivity index (χ3v) is 29.6. The normalized spacial score (nSPS) is 19.2. The maximum atomic E-state index is 14.7. The van der Waals surface area contributed by atoms with Gasteiger partial charge in [-0.05, 0) is 0 Å². The molecule has 1 unspecified atom stereocenters. The number of fused-ring (bicyclic) bond motifs is 1. The Balaban J connectivity index is 2.07. The maximum absolute atomic E-state index is 14.7. The summed E-state index contributed by atoms with van der Waals surface area (Å²) >= 11 is -7.07. The molecule has 0 radical (unpaired) electrons. The second kappa shape index (κ2) is 8.17. The van der Waals surface area contributed by atoms with Gasteiger partial charge < -0.3 is 0 Å². The summed E-state index contributed by atoms with van der Waals surface area (Å²) in [6, 6.07) is 36.6.